The number of guanidine groups is 1. The van der Waals surface area contributed by atoms with Crippen molar-refractivity contribution in [2.24, 2.45) is 10.9 Å². The van der Waals surface area contributed by atoms with E-state index in [0.29, 0.717) is 5.92 Å². The minimum Gasteiger partial charge on any atom is -0.468 e. The summed E-state index contributed by atoms with van der Waals surface area (Å²) in [6, 6.07) is 4.30. The van der Waals surface area contributed by atoms with E-state index in [1.54, 1.807) is 6.26 Å². The Bertz CT molecular complexity index is 828. The molecule has 0 radical (unpaired) electrons. The van der Waals surface area contributed by atoms with Gasteiger partial charge in [0.25, 0.3) is 0 Å². The standard InChI is InChI=1S/C24H38N6O2/c1-18-19(2)32-23(28-18)17-29-12-8-20(9-13-29)15-26-24(25-3)27-16-21(22-7-6-14-31-22)30-10-4-5-11-30/h6-7,14,20-21H,4-5,8-13,15-17H2,1-3H3,(H2,25,26,27). The zero-order valence-corrected chi connectivity index (χ0v) is 19.8. The van der Waals surface area contributed by atoms with E-state index >= 15 is 0 Å². The van der Waals surface area contributed by atoms with Gasteiger partial charge in [-0.25, -0.2) is 4.98 Å². The molecule has 8 heteroatoms. The molecule has 4 heterocycles. The van der Waals surface area contributed by atoms with Crippen molar-refractivity contribution in [1.29, 1.82) is 0 Å². The molecule has 0 aromatic carbocycles. The predicted octanol–water partition coefficient (Wildman–Crippen LogP) is 3.10. The number of aryl methyl sites for hydroxylation is 2. The van der Waals surface area contributed by atoms with Gasteiger partial charge in [0.2, 0.25) is 5.89 Å². The summed E-state index contributed by atoms with van der Waals surface area (Å²) < 4.78 is 11.5. The first-order valence-corrected chi connectivity index (χ1v) is 12.0. The topological polar surface area (TPSA) is 82.1 Å². The highest BCUT2D eigenvalue weighted by molar-refractivity contribution is 5.79. The van der Waals surface area contributed by atoms with E-state index in [2.05, 4.69) is 36.5 Å². The minimum atomic E-state index is 0.247. The second-order valence-corrected chi connectivity index (χ2v) is 9.08. The molecule has 32 heavy (non-hydrogen) atoms. The molecule has 0 saturated carbocycles. The first-order chi connectivity index (χ1) is 15.6. The van der Waals surface area contributed by atoms with Gasteiger partial charge in [0, 0.05) is 20.1 Å². The van der Waals surface area contributed by atoms with E-state index in [4.69, 9.17) is 8.83 Å². The van der Waals surface area contributed by atoms with E-state index in [1.165, 1.54) is 25.7 Å². The summed E-state index contributed by atoms with van der Waals surface area (Å²) >= 11 is 0. The number of piperidine rings is 1. The van der Waals surface area contributed by atoms with Crippen LogP contribution >= 0.6 is 0 Å². The summed E-state index contributed by atoms with van der Waals surface area (Å²) in [6.07, 6.45) is 6.63. The number of oxazole rings is 1. The third-order valence-electron chi connectivity index (χ3n) is 6.84. The number of hydrogen-bond acceptors (Lipinski definition) is 6. The fraction of sp³-hybridized carbons (Fsp3) is 0.667. The zero-order chi connectivity index (χ0) is 22.3. The van der Waals surface area contributed by atoms with Gasteiger partial charge in [-0.3, -0.25) is 14.8 Å². The Morgan fingerprint density at radius 3 is 2.59 bits per heavy atom. The molecule has 0 aliphatic carbocycles. The Labute approximate surface area is 191 Å². The fourth-order valence-electron chi connectivity index (χ4n) is 4.75. The number of nitrogens with zero attached hydrogens (tertiary/aromatic N) is 4. The maximum atomic E-state index is 5.75. The van der Waals surface area contributed by atoms with Crippen molar-refractivity contribution < 1.29 is 8.83 Å². The van der Waals surface area contributed by atoms with Gasteiger partial charge in [0.15, 0.2) is 5.96 Å². The SMILES string of the molecule is CN=C(NCC1CCN(Cc2nc(C)c(C)o2)CC1)NCC(c1ccco1)N1CCCC1. The number of aromatic nitrogens is 1. The third-order valence-corrected chi connectivity index (χ3v) is 6.84. The zero-order valence-electron chi connectivity index (χ0n) is 19.8. The predicted molar refractivity (Wildman–Crippen MR) is 126 cm³/mol. The molecule has 4 rings (SSSR count). The van der Waals surface area contributed by atoms with Crippen molar-refractivity contribution in [2.45, 2.75) is 52.1 Å². The van der Waals surface area contributed by atoms with Crippen molar-refractivity contribution >= 4 is 5.96 Å². The molecule has 1 atom stereocenters. The Morgan fingerprint density at radius 1 is 1.19 bits per heavy atom. The van der Waals surface area contributed by atoms with Crippen LogP contribution in [-0.2, 0) is 6.54 Å². The summed E-state index contributed by atoms with van der Waals surface area (Å²) in [5.41, 5.74) is 0.997. The number of hydrogen-bond donors (Lipinski definition) is 2. The Kier molecular flexibility index (Phi) is 7.86. The van der Waals surface area contributed by atoms with Gasteiger partial charge in [0.05, 0.1) is 24.5 Å². The lowest BCUT2D eigenvalue weighted by atomic mass is 9.97. The minimum absolute atomic E-state index is 0.247. The van der Waals surface area contributed by atoms with Gasteiger partial charge in [-0.15, -0.1) is 0 Å². The van der Waals surface area contributed by atoms with E-state index in [0.717, 1.165) is 74.9 Å². The molecule has 2 aromatic rings. The molecule has 8 nitrogen and oxygen atoms in total. The first kappa shape index (κ1) is 22.9. The van der Waals surface area contributed by atoms with Crippen LogP contribution < -0.4 is 10.6 Å². The van der Waals surface area contributed by atoms with Gasteiger partial charge >= 0.3 is 0 Å². The van der Waals surface area contributed by atoms with Crippen LogP contribution in [0.25, 0.3) is 0 Å². The number of nitrogens with one attached hydrogen (secondary N) is 2. The molecule has 1 unspecified atom stereocenters. The van der Waals surface area contributed by atoms with Gasteiger partial charge in [-0.2, -0.15) is 0 Å². The second-order valence-electron chi connectivity index (χ2n) is 9.08. The smallest absolute Gasteiger partial charge is 0.208 e. The monoisotopic (exact) mass is 442 g/mol. The molecule has 2 fully saturated rings. The summed E-state index contributed by atoms with van der Waals surface area (Å²) in [4.78, 5) is 13.9. The summed E-state index contributed by atoms with van der Waals surface area (Å²) in [6.45, 7) is 10.9. The lowest BCUT2D eigenvalue weighted by Crippen LogP contribution is -2.45. The molecule has 2 aliphatic heterocycles. The Hall–Kier alpha value is -2.32. The second kappa shape index (κ2) is 11.0. The number of aliphatic imine (C=N–C) groups is 1. The molecule has 2 aliphatic rings. The summed E-state index contributed by atoms with van der Waals surface area (Å²) in [5.74, 6) is 4.31. The Balaban J connectivity index is 1.20. The number of rotatable bonds is 8. The number of furan rings is 1. The van der Waals surface area contributed by atoms with Crippen LogP contribution in [0, 0.1) is 19.8 Å². The maximum Gasteiger partial charge on any atom is 0.208 e. The highest BCUT2D eigenvalue weighted by atomic mass is 16.4. The average molecular weight is 443 g/mol. The van der Waals surface area contributed by atoms with E-state index in [1.807, 2.05) is 27.0 Å². The molecule has 0 bridgehead atoms. The van der Waals surface area contributed by atoms with E-state index in [-0.39, 0.29) is 6.04 Å². The molecule has 2 saturated heterocycles. The molecule has 2 N–H and O–H groups in total. The molecular weight excluding hydrogens is 404 g/mol. The van der Waals surface area contributed by atoms with Crippen molar-refractivity contribution in [3.63, 3.8) is 0 Å². The highest BCUT2D eigenvalue weighted by Crippen LogP contribution is 2.25. The molecular formula is C24H38N6O2. The molecule has 0 amide bonds. The quantitative estimate of drug-likeness (QED) is 0.480. The normalized spacial score (nSPS) is 20.0. The first-order valence-electron chi connectivity index (χ1n) is 12.0. The van der Waals surface area contributed by atoms with Crippen molar-refractivity contribution in [1.82, 2.24) is 25.4 Å². The van der Waals surface area contributed by atoms with Gasteiger partial charge in [-0.1, -0.05) is 0 Å². The maximum absolute atomic E-state index is 5.75. The number of likely N-dealkylation sites (tertiary alicyclic amines) is 2. The molecule has 176 valence electrons. The van der Waals surface area contributed by atoms with E-state index < -0.39 is 0 Å². The van der Waals surface area contributed by atoms with Gasteiger partial charge in [0.1, 0.15) is 11.5 Å². The van der Waals surface area contributed by atoms with Gasteiger partial charge < -0.3 is 19.5 Å². The lowest BCUT2D eigenvalue weighted by Gasteiger charge is -2.31. The average Bonchev–Trinajstić information content (AvgIpc) is 3.56. The van der Waals surface area contributed by atoms with Crippen LogP contribution in [-0.4, -0.2) is 67.1 Å². The fourth-order valence-corrected chi connectivity index (χ4v) is 4.75. The van der Waals surface area contributed by atoms with Crippen molar-refractivity contribution in [3.8, 4) is 0 Å². The Morgan fingerprint density at radius 2 is 1.97 bits per heavy atom. The highest BCUT2D eigenvalue weighted by Gasteiger charge is 2.26. The third kappa shape index (κ3) is 5.92. The molecule has 0 spiro atoms. The molecule has 2 aromatic heterocycles. The van der Waals surface area contributed by atoms with Crippen LogP contribution in [0.2, 0.25) is 0 Å². The lowest BCUT2D eigenvalue weighted by molar-refractivity contribution is 0.164. The van der Waals surface area contributed by atoms with E-state index in [9.17, 15) is 0 Å². The van der Waals surface area contributed by atoms with Crippen LogP contribution in [0.15, 0.2) is 32.2 Å². The van der Waals surface area contributed by atoms with Crippen LogP contribution in [0.4, 0.5) is 0 Å². The van der Waals surface area contributed by atoms with Gasteiger partial charge in [-0.05, 0) is 83.8 Å². The summed E-state index contributed by atoms with van der Waals surface area (Å²) in [7, 11) is 1.84. The van der Waals surface area contributed by atoms with Crippen LogP contribution in [0.1, 0.15) is 54.8 Å². The van der Waals surface area contributed by atoms with Crippen molar-refractivity contribution in [2.75, 3.05) is 46.3 Å². The van der Waals surface area contributed by atoms with Crippen LogP contribution in [0.3, 0.4) is 0 Å². The van der Waals surface area contributed by atoms with Crippen molar-refractivity contribution in [3.05, 3.63) is 41.5 Å². The largest absolute Gasteiger partial charge is 0.468 e. The van der Waals surface area contributed by atoms with Crippen LogP contribution in [0.5, 0.6) is 0 Å². The summed E-state index contributed by atoms with van der Waals surface area (Å²) in [5, 5.41) is 7.08.